The maximum absolute atomic E-state index is 11.5. The van der Waals surface area contributed by atoms with Gasteiger partial charge >= 0.3 is 5.97 Å². The SMILES string of the molecule is Cc1nc(C(=O)NCC2(C(=O)O)CC2)no1. The van der Waals surface area contributed by atoms with Gasteiger partial charge < -0.3 is 14.9 Å². The Morgan fingerprint density at radius 2 is 2.25 bits per heavy atom. The number of nitrogens with one attached hydrogen (secondary N) is 1. The van der Waals surface area contributed by atoms with Crippen LogP contribution in [0, 0.1) is 12.3 Å². The molecule has 0 aliphatic heterocycles. The minimum absolute atomic E-state index is 0.0707. The average Bonchev–Trinajstić information content (AvgIpc) is 2.92. The van der Waals surface area contributed by atoms with Crippen LogP contribution in [0.1, 0.15) is 29.4 Å². The van der Waals surface area contributed by atoms with Crippen molar-refractivity contribution in [2.75, 3.05) is 6.54 Å². The van der Waals surface area contributed by atoms with Crippen molar-refractivity contribution in [2.24, 2.45) is 5.41 Å². The van der Waals surface area contributed by atoms with Gasteiger partial charge in [-0.3, -0.25) is 9.59 Å². The van der Waals surface area contributed by atoms with Gasteiger partial charge in [-0.1, -0.05) is 5.16 Å². The minimum atomic E-state index is -0.878. The molecule has 0 spiro atoms. The standard InChI is InChI=1S/C9H11N3O4/c1-5-11-6(12-16-5)7(13)10-4-9(2-3-9)8(14)15/h2-4H2,1H3,(H,10,13)(H,14,15). The molecule has 0 aromatic carbocycles. The van der Waals surface area contributed by atoms with Crippen molar-refractivity contribution >= 4 is 11.9 Å². The second-order valence-corrected chi connectivity index (χ2v) is 3.91. The molecule has 1 aromatic rings. The smallest absolute Gasteiger partial charge is 0.311 e. The average molecular weight is 225 g/mol. The van der Waals surface area contributed by atoms with Crippen LogP contribution in [-0.2, 0) is 4.79 Å². The van der Waals surface area contributed by atoms with Crippen molar-refractivity contribution in [2.45, 2.75) is 19.8 Å². The third-order valence-electron chi connectivity index (χ3n) is 2.63. The van der Waals surface area contributed by atoms with Crippen molar-refractivity contribution in [1.29, 1.82) is 0 Å². The molecule has 1 fully saturated rings. The van der Waals surface area contributed by atoms with Gasteiger partial charge in [0.1, 0.15) is 0 Å². The van der Waals surface area contributed by atoms with Crippen LogP contribution in [-0.4, -0.2) is 33.7 Å². The summed E-state index contributed by atoms with van der Waals surface area (Å²) in [6.45, 7) is 1.68. The first kappa shape index (κ1) is 10.6. The number of nitrogens with zero attached hydrogens (tertiary/aromatic N) is 2. The molecule has 1 amide bonds. The summed E-state index contributed by atoms with van der Waals surface area (Å²) in [5.41, 5.74) is -0.783. The van der Waals surface area contributed by atoms with Crippen molar-refractivity contribution in [3.63, 3.8) is 0 Å². The Morgan fingerprint density at radius 1 is 1.56 bits per heavy atom. The highest BCUT2D eigenvalue weighted by Crippen LogP contribution is 2.45. The number of aryl methyl sites for hydroxylation is 1. The van der Waals surface area contributed by atoms with E-state index < -0.39 is 17.3 Å². The molecule has 1 aliphatic rings. The van der Waals surface area contributed by atoms with E-state index >= 15 is 0 Å². The summed E-state index contributed by atoms with van der Waals surface area (Å²) >= 11 is 0. The van der Waals surface area contributed by atoms with E-state index in [0.29, 0.717) is 18.7 Å². The van der Waals surface area contributed by atoms with E-state index in [4.69, 9.17) is 5.11 Å². The zero-order valence-corrected chi connectivity index (χ0v) is 8.69. The van der Waals surface area contributed by atoms with E-state index in [1.54, 1.807) is 6.92 Å². The van der Waals surface area contributed by atoms with Gasteiger partial charge in [-0.05, 0) is 12.8 Å². The molecule has 0 saturated heterocycles. The molecule has 7 heteroatoms. The van der Waals surface area contributed by atoms with Crippen LogP contribution in [0.5, 0.6) is 0 Å². The van der Waals surface area contributed by atoms with E-state index in [1.807, 2.05) is 0 Å². The first-order valence-electron chi connectivity index (χ1n) is 4.85. The highest BCUT2D eigenvalue weighted by atomic mass is 16.5. The number of amides is 1. The molecule has 1 saturated carbocycles. The maximum atomic E-state index is 11.5. The van der Waals surface area contributed by atoms with Crippen molar-refractivity contribution in [1.82, 2.24) is 15.5 Å². The molecule has 1 aromatic heterocycles. The molecule has 1 heterocycles. The monoisotopic (exact) mass is 225 g/mol. The fourth-order valence-corrected chi connectivity index (χ4v) is 1.34. The molecule has 0 atom stereocenters. The Kier molecular flexibility index (Phi) is 2.37. The van der Waals surface area contributed by atoms with Gasteiger partial charge in [-0.15, -0.1) is 0 Å². The zero-order valence-electron chi connectivity index (χ0n) is 8.69. The van der Waals surface area contributed by atoms with Crippen molar-refractivity contribution in [3.8, 4) is 0 Å². The first-order valence-corrected chi connectivity index (χ1v) is 4.85. The number of hydrogen-bond donors (Lipinski definition) is 2. The van der Waals surface area contributed by atoms with Crippen LogP contribution >= 0.6 is 0 Å². The Morgan fingerprint density at radius 3 is 2.69 bits per heavy atom. The number of aliphatic carboxylic acids is 1. The van der Waals surface area contributed by atoms with E-state index in [2.05, 4.69) is 20.0 Å². The van der Waals surface area contributed by atoms with Crippen molar-refractivity contribution < 1.29 is 19.2 Å². The Balaban J connectivity index is 1.92. The molecule has 2 N–H and O–H groups in total. The lowest BCUT2D eigenvalue weighted by Crippen LogP contribution is -2.34. The fraction of sp³-hybridized carbons (Fsp3) is 0.556. The second-order valence-electron chi connectivity index (χ2n) is 3.91. The van der Waals surface area contributed by atoms with Gasteiger partial charge in [0.15, 0.2) is 0 Å². The van der Waals surface area contributed by atoms with Crippen LogP contribution < -0.4 is 5.32 Å². The quantitative estimate of drug-likeness (QED) is 0.745. The lowest BCUT2D eigenvalue weighted by atomic mass is 10.1. The zero-order chi connectivity index (χ0) is 11.8. The summed E-state index contributed by atoms with van der Waals surface area (Å²) in [6.07, 6.45) is 1.18. The Labute approximate surface area is 90.8 Å². The topological polar surface area (TPSA) is 105 Å². The van der Waals surface area contributed by atoms with Crippen molar-refractivity contribution in [3.05, 3.63) is 11.7 Å². The third-order valence-corrected chi connectivity index (χ3v) is 2.63. The summed E-state index contributed by atoms with van der Waals surface area (Å²) in [5, 5.41) is 14.8. The van der Waals surface area contributed by atoms with Gasteiger partial charge in [0.05, 0.1) is 5.41 Å². The molecular weight excluding hydrogens is 214 g/mol. The van der Waals surface area contributed by atoms with Gasteiger partial charge in [0.2, 0.25) is 5.89 Å². The third kappa shape index (κ3) is 1.88. The number of aromatic nitrogens is 2. The molecule has 1 aliphatic carbocycles. The minimum Gasteiger partial charge on any atom is -0.481 e. The highest BCUT2D eigenvalue weighted by Gasteiger charge is 2.50. The molecule has 7 nitrogen and oxygen atoms in total. The normalized spacial score (nSPS) is 16.8. The lowest BCUT2D eigenvalue weighted by molar-refractivity contribution is -0.143. The summed E-state index contributed by atoms with van der Waals surface area (Å²) in [4.78, 5) is 26.0. The number of carbonyl (C=O) groups is 2. The predicted molar refractivity (Wildman–Crippen MR) is 50.7 cm³/mol. The van der Waals surface area contributed by atoms with E-state index in [9.17, 15) is 9.59 Å². The summed E-state index contributed by atoms with van der Waals surface area (Å²) in [6, 6.07) is 0. The van der Waals surface area contributed by atoms with Crippen LogP contribution in [0.3, 0.4) is 0 Å². The fourth-order valence-electron chi connectivity index (χ4n) is 1.34. The first-order chi connectivity index (χ1) is 7.53. The molecule has 0 bridgehead atoms. The molecule has 86 valence electrons. The van der Waals surface area contributed by atoms with E-state index in [1.165, 1.54) is 0 Å². The van der Waals surface area contributed by atoms with E-state index in [0.717, 1.165) is 0 Å². The Bertz CT molecular complexity index is 436. The summed E-state index contributed by atoms with van der Waals surface area (Å²) in [5.74, 6) is -1.16. The summed E-state index contributed by atoms with van der Waals surface area (Å²) in [7, 11) is 0. The van der Waals surface area contributed by atoms with Gasteiger partial charge in [-0.2, -0.15) is 4.98 Å². The van der Waals surface area contributed by atoms with Crippen LogP contribution in [0.2, 0.25) is 0 Å². The number of carboxylic acids is 1. The molecule has 0 unspecified atom stereocenters. The van der Waals surface area contributed by atoms with Gasteiger partial charge in [-0.25, -0.2) is 0 Å². The van der Waals surface area contributed by atoms with Crippen LogP contribution in [0.15, 0.2) is 4.52 Å². The molecular formula is C9H11N3O4. The number of hydrogen-bond acceptors (Lipinski definition) is 5. The van der Waals surface area contributed by atoms with Gasteiger partial charge in [0, 0.05) is 13.5 Å². The van der Waals surface area contributed by atoms with Gasteiger partial charge in [0.25, 0.3) is 11.7 Å². The molecule has 2 rings (SSSR count). The second kappa shape index (κ2) is 3.58. The number of rotatable bonds is 4. The van der Waals surface area contributed by atoms with E-state index in [-0.39, 0.29) is 12.4 Å². The Hall–Kier alpha value is -1.92. The van der Waals surface area contributed by atoms with Crippen LogP contribution in [0.4, 0.5) is 0 Å². The van der Waals surface area contributed by atoms with Crippen LogP contribution in [0.25, 0.3) is 0 Å². The molecule has 16 heavy (non-hydrogen) atoms. The highest BCUT2D eigenvalue weighted by molar-refractivity contribution is 5.90. The largest absolute Gasteiger partial charge is 0.481 e. The maximum Gasteiger partial charge on any atom is 0.311 e. The predicted octanol–water partition coefficient (Wildman–Crippen LogP) is -0.0274. The lowest BCUT2D eigenvalue weighted by Gasteiger charge is -2.09. The number of carboxylic acid groups (broad SMARTS) is 1. The summed E-state index contributed by atoms with van der Waals surface area (Å²) < 4.78 is 4.64. The number of carbonyl (C=O) groups excluding carboxylic acids is 1. The molecule has 0 radical (unpaired) electrons.